The Balaban J connectivity index is 1.70. The summed E-state index contributed by atoms with van der Waals surface area (Å²) in [6, 6.07) is 8.26. The highest BCUT2D eigenvalue weighted by molar-refractivity contribution is 5.97. The molecule has 2 fully saturated rings. The molecule has 0 radical (unpaired) electrons. The lowest BCUT2D eigenvalue weighted by molar-refractivity contribution is -0.139. The molecular formula is C21H30N4O4. The lowest BCUT2D eigenvalue weighted by Crippen LogP contribution is -2.57. The SMILES string of the molecule is CCNC(=O)N1CCC([C@@H](NC(=O)c2ccccc2)C(=O)N2CCOCC2)CC1. The maximum atomic E-state index is 13.2. The van der Waals surface area contributed by atoms with E-state index in [4.69, 9.17) is 4.74 Å². The number of piperidine rings is 1. The first kappa shape index (κ1) is 21.1. The fourth-order valence-corrected chi connectivity index (χ4v) is 3.87. The number of rotatable bonds is 5. The standard InChI is InChI=1S/C21H30N4O4/c1-2-22-21(28)25-10-8-16(9-11-25)18(20(27)24-12-14-29-15-13-24)23-19(26)17-6-4-3-5-7-17/h3-7,16,18H,2,8-15H2,1H3,(H,22,28)(H,23,26)/t18-/m1/s1. The largest absolute Gasteiger partial charge is 0.378 e. The van der Waals surface area contributed by atoms with Gasteiger partial charge in [-0.15, -0.1) is 0 Å². The number of likely N-dealkylation sites (tertiary alicyclic amines) is 1. The van der Waals surface area contributed by atoms with Crippen LogP contribution in [0.1, 0.15) is 30.1 Å². The molecule has 2 saturated heterocycles. The molecule has 158 valence electrons. The predicted molar refractivity (Wildman–Crippen MR) is 108 cm³/mol. The monoisotopic (exact) mass is 402 g/mol. The van der Waals surface area contributed by atoms with Gasteiger partial charge < -0.3 is 25.2 Å². The summed E-state index contributed by atoms with van der Waals surface area (Å²) in [7, 11) is 0. The minimum atomic E-state index is -0.600. The van der Waals surface area contributed by atoms with E-state index in [1.807, 2.05) is 13.0 Å². The number of urea groups is 1. The van der Waals surface area contributed by atoms with Crippen LogP contribution in [0.3, 0.4) is 0 Å². The Bertz CT molecular complexity index is 698. The van der Waals surface area contributed by atoms with Crippen LogP contribution in [0.5, 0.6) is 0 Å². The second-order valence-corrected chi connectivity index (χ2v) is 7.41. The first-order valence-corrected chi connectivity index (χ1v) is 10.4. The first-order chi connectivity index (χ1) is 14.1. The van der Waals surface area contributed by atoms with Crippen molar-refractivity contribution in [3.8, 4) is 0 Å². The van der Waals surface area contributed by atoms with E-state index in [1.165, 1.54) is 0 Å². The van der Waals surface area contributed by atoms with E-state index in [9.17, 15) is 14.4 Å². The van der Waals surface area contributed by atoms with Crippen LogP contribution in [0.4, 0.5) is 4.79 Å². The van der Waals surface area contributed by atoms with E-state index in [0.717, 1.165) is 0 Å². The van der Waals surface area contributed by atoms with E-state index in [1.54, 1.807) is 34.1 Å². The summed E-state index contributed by atoms with van der Waals surface area (Å²) in [4.78, 5) is 41.6. The van der Waals surface area contributed by atoms with E-state index >= 15 is 0 Å². The van der Waals surface area contributed by atoms with Gasteiger partial charge in [0.25, 0.3) is 5.91 Å². The number of amides is 4. The van der Waals surface area contributed by atoms with Crippen molar-refractivity contribution in [2.24, 2.45) is 5.92 Å². The van der Waals surface area contributed by atoms with Crippen LogP contribution in [-0.4, -0.2) is 79.6 Å². The minimum Gasteiger partial charge on any atom is -0.378 e. The van der Waals surface area contributed by atoms with E-state index in [-0.39, 0.29) is 23.8 Å². The summed E-state index contributed by atoms with van der Waals surface area (Å²) >= 11 is 0. The molecule has 8 heteroatoms. The van der Waals surface area contributed by atoms with E-state index < -0.39 is 6.04 Å². The second kappa shape index (κ2) is 10.2. The van der Waals surface area contributed by atoms with Gasteiger partial charge in [-0.05, 0) is 37.8 Å². The average Bonchev–Trinajstić information content (AvgIpc) is 2.78. The van der Waals surface area contributed by atoms with Gasteiger partial charge in [0.2, 0.25) is 5.91 Å². The Hall–Kier alpha value is -2.61. The zero-order valence-corrected chi connectivity index (χ0v) is 16.9. The summed E-state index contributed by atoms with van der Waals surface area (Å²) in [5.74, 6) is -0.318. The molecule has 1 atom stereocenters. The first-order valence-electron chi connectivity index (χ1n) is 10.4. The number of morpholine rings is 1. The molecule has 2 heterocycles. The Morgan fingerprint density at radius 2 is 1.69 bits per heavy atom. The molecule has 8 nitrogen and oxygen atoms in total. The molecule has 2 aliphatic rings. The quantitative estimate of drug-likeness (QED) is 0.771. The number of hydrogen-bond acceptors (Lipinski definition) is 4. The molecule has 4 amide bonds. The van der Waals surface area contributed by atoms with Gasteiger partial charge in [0.05, 0.1) is 13.2 Å². The summed E-state index contributed by atoms with van der Waals surface area (Å²) < 4.78 is 5.36. The van der Waals surface area contributed by atoms with Crippen molar-refractivity contribution < 1.29 is 19.1 Å². The fourth-order valence-electron chi connectivity index (χ4n) is 3.87. The Labute approximate surface area is 171 Å². The van der Waals surface area contributed by atoms with Crippen molar-refractivity contribution in [2.75, 3.05) is 45.9 Å². The topological polar surface area (TPSA) is 91.0 Å². The molecule has 3 rings (SSSR count). The highest BCUT2D eigenvalue weighted by atomic mass is 16.5. The molecule has 2 N–H and O–H groups in total. The van der Waals surface area contributed by atoms with Crippen LogP contribution >= 0.6 is 0 Å². The van der Waals surface area contributed by atoms with Crippen LogP contribution in [0.2, 0.25) is 0 Å². The molecule has 29 heavy (non-hydrogen) atoms. The number of nitrogens with zero attached hydrogens (tertiary/aromatic N) is 2. The van der Waals surface area contributed by atoms with Crippen LogP contribution in [0, 0.1) is 5.92 Å². The van der Waals surface area contributed by atoms with Crippen LogP contribution < -0.4 is 10.6 Å². The highest BCUT2D eigenvalue weighted by Crippen LogP contribution is 2.23. The molecule has 2 aliphatic heterocycles. The minimum absolute atomic E-state index is 0.0105. The van der Waals surface area contributed by atoms with Gasteiger partial charge in [0.15, 0.2) is 0 Å². The van der Waals surface area contributed by atoms with Crippen molar-refractivity contribution in [3.63, 3.8) is 0 Å². The number of ether oxygens (including phenoxy) is 1. The summed E-state index contributed by atoms with van der Waals surface area (Å²) in [6.07, 6.45) is 1.35. The van der Waals surface area contributed by atoms with Gasteiger partial charge >= 0.3 is 6.03 Å². The third-order valence-electron chi connectivity index (χ3n) is 5.54. The Kier molecular flexibility index (Phi) is 7.46. The molecular weight excluding hydrogens is 372 g/mol. The van der Waals surface area contributed by atoms with Crippen LogP contribution in [-0.2, 0) is 9.53 Å². The van der Waals surface area contributed by atoms with E-state index in [2.05, 4.69) is 10.6 Å². The van der Waals surface area contributed by atoms with Crippen molar-refractivity contribution >= 4 is 17.8 Å². The number of hydrogen-bond donors (Lipinski definition) is 2. The molecule has 0 aromatic heterocycles. The normalized spacial score (nSPS) is 18.8. The van der Waals surface area contributed by atoms with Crippen molar-refractivity contribution in [2.45, 2.75) is 25.8 Å². The predicted octanol–water partition coefficient (Wildman–Crippen LogP) is 1.09. The molecule has 0 unspecified atom stereocenters. The highest BCUT2D eigenvalue weighted by Gasteiger charge is 2.36. The third kappa shape index (κ3) is 5.47. The fraction of sp³-hybridized carbons (Fsp3) is 0.571. The molecule has 1 aromatic rings. The van der Waals surface area contributed by atoms with Crippen LogP contribution in [0.25, 0.3) is 0 Å². The molecule has 0 aliphatic carbocycles. The van der Waals surface area contributed by atoms with Gasteiger partial charge in [-0.25, -0.2) is 4.79 Å². The maximum absolute atomic E-state index is 13.2. The van der Waals surface area contributed by atoms with Crippen molar-refractivity contribution in [1.82, 2.24) is 20.4 Å². The Morgan fingerprint density at radius 1 is 1.03 bits per heavy atom. The summed E-state index contributed by atoms with van der Waals surface area (Å²) in [6.45, 7) is 5.73. The summed E-state index contributed by atoms with van der Waals surface area (Å²) in [5, 5.41) is 5.79. The lowest BCUT2D eigenvalue weighted by atomic mass is 9.88. The Morgan fingerprint density at radius 3 is 2.31 bits per heavy atom. The van der Waals surface area contributed by atoms with E-state index in [0.29, 0.717) is 64.3 Å². The molecule has 1 aromatic carbocycles. The van der Waals surface area contributed by atoms with Gasteiger partial charge in [-0.2, -0.15) is 0 Å². The van der Waals surface area contributed by atoms with Crippen molar-refractivity contribution in [1.29, 1.82) is 0 Å². The lowest BCUT2D eigenvalue weighted by Gasteiger charge is -2.38. The zero-order chi connectivity index (χ0) is 20.6. The molecule has 0 bridgehead atoms. The number of nitrogens with one attached hydrogen (secondary N) is 2. The van der Waals surface area contributed by atoms with Crippen molar-refractivity contribution in [3.05, 3.63) is 35.9 Å². The number of carbonyl (C=O) groups is 3. The van der Waals surface area contributed by atoms with Gasteiger partial charge in [0, 0.05) is 38.3 Å². The maximum Gasteiger partial charge on any atom is 0.317 e. The molecule has 0 spiro atoms. The smallest absolute Gasteiger partial charge is 0.317 e. The van der Waals surface area contributed by atoms with Gasteiger partial charge in [-0.1, -0.05) is 18.2 Å². The zero-order valence-electron chi connectivity index (χ0n) is 16.9. The van der Waals surface area contributed by atoms with Gasteiger partial charge in [-0.3, -0.25) is 9.59 Å². The third-order valence-corrected chi connectivity index (χ3v) is 5.54. The number of benzene rings is 1. The summed E-state index contributed by atoms with van der Waals surface area (Å²) in [5.41, 5.74) is 0.534. The van der Waals surface area contributed by atoms with Crippen LogP contribution in [0.15, 0.2) is 30.3 Å². The van der Waals surface area contributed by atoms with Gasteiger partial charge in [0.1, 0.15) is 6.04 Å². The molecule has 0 saturated carbocycles. The number of carbonyl (C=O) groups excluding carboxylic acids is 3. The average molecular weight is 402 g/mol. The second-order valence-electron chi connectivity index (χ2n) is 7.41.